The molecular formula is C20H17IN2O2S2. The zero-order valence-corrected chi connectivity index (χ0v) is 18.3. The molecule has 0 aliphatic carbocycles. The first kappa shape index (κ1) is 19.9. The normalized spacial score (nSPS) is 11.6. The molecular weight excluding hydrogens is 491 g/mol. The van der Waals surface area contributed by atoms with Crippen LogP contribution in [0.2, 0.25) is 0 Å². The van der Waals surface area contributed by atoms with Gasteiger partial charge >= 0.3 is 0 Å². The van der Waals surface area contributed by atoms with Crippen LogP contribution < -0.4 is 4.72 Å². The fourth-order valence-corrected chi connectivity index (χ4v) is 4.11. The van der Waals surface area contributed by atoms with E-state index < -0.39 is 10.0 Å². The minimum atomic E-state index is -3.62. The Hall–Kier alpha value is -1.84. The molecule has 0 fully saturated rings. The Morgan fingerprint density at radius 2 is 1.56 bits per heavy atom. The van der Waals surface area contributed by atoms with E-state index in [0.29, 0.717) is 11.4 Å². The number of nitrogens with zero attached hydrogens (tertiary/aromatic N) is 1. The van der Waals surface area contributed by atoms with E-state index in [-0.39, 0.29) is 4.90 Å². The van der Waals surface area contributed by atoms with E-state index in [4.69, 9.17) is 0 Å². The second-order valence-corrected chi connectivity index (χ2v) is 9.45. The molecule has 3 rings (SSSR count). The first-order valence-corrected chi connectivity index (χ1v) is 11.8. The number of halogens is 1. The lowest BCUT2D eigenvalue weighted by Crippen LogP contribution is -2.12. The predicted molar refractivity (Wildman–Crippen MR) is 122 cm³/mol. The lowest BCUT2D eigenvalue weighted by atomic mass is 10.2. The summed E-state index contributed by atoms with van der Waals surface area (Å²) in [6.45, 7) is 0. The van der Waals surface area contributed by atoms with E-state index in [0.717, 1.165) is 9.13 Å². The number of nitrogens with one attached hydrogen (secondary N) is 1. The molecule has 0 unspecified atom stereocenters. The number of benzene rings is 3. The molecule has 0 aromatic heterocycles. The number of aliphatic imine (C=N–C) groups is 1. The summed E-state index contributed by atoms with van der Waals surface area (Å²) in [6, 6.07) is 21.7. The summed E-state index contributed by atoms with van der Waals surface area (Å²) in [7, 11) is -3.62. The van der Waals surface area contributed by atoms with Crippen LogP contribution in [0.5, 0.6) is 0 Å². The molecule has 3 aromatic rings. The van der Waals surface area contributed by atoms with Crippen molar-refractivity contribution in [3.05, 3.63) is 81.9 Å². The van der Waals surface area contributed by atoms with Crippen molar-refractivity contribution in [2.75, 3.05) is 11.0 Å². The molecule has 0 spiro atoms. The van der Waals surface area contributed by atoms with Crippen molar-refractivity contribution in [1.82, 2.24) is 0 Å². The Bertz CT molecular complexity index is 1030. The summed E-state index contributed by atoms with van der Waals surface area (Å²) < 4.78 is 28.6. The van der Waals surface area contributed by atoms with Crippen molar-refractivity contribution in [2.24, 2.45) is 4.99 Å². The quantitative estimate of drug-likeness (QED) is 0.269. The maximum absolute atomic E-state index is 12.5. The lowest BCUT2D eigenvalue weighted by molar-refractivity contribution is 0.601. The van der Waals surface area contributed by atoms with Crippen LogP contribution in [0.4, 0.5) is 11.4 Å². The molecule has 0 amide bonds. The molecule has 0 aliphatic rings. The van der Waals surface area contributed by atoms with Crippen LogP contribution in [0.1, 0.15) is 5.56 Å². The molecule has 3 aromatic carbocycles. The van der Waals surface area contributed by atoms with E-state index in [1.165, 1.54) is 4.90 Å². The number of sulfonamides is 1. The molecule has 27 heavy (non-hydrogen) atoms. The second kappa shape index (κ2) is 8.90. The van der Waals surface area contributed by atoms with Gasteiger partial charge in [-0.15, -0.1) is 11.8 Å². The second-order valence-electron chi connectivity index (χ2n) is 5.64. The Kier molecular flexibility index (Phi) is 6.56. The number of hydrogen-bond acceptors (Lipinski definition) is 4. The monoisotopic (exact) mass is 508 g/mol. The average Bonchev–Trinajstić information content (AvgIpc) is 2.69. The summed E-state index contributed by atoms with van der Waals surface area (Å²) in [6.07, 6.45) is 3.80. The van der Waals surface area contributed by atoms with Gasteiger partial charge in [-0.25, -0.2) is 8.42 Å². The van der Waals surface area contributed by atoms with Crippen molar-refractivity contribution in [1.29, 1.82) is 0 Å². The lowest BCUT2D eigenvalue weighted by Gasteiger charge is -2.08. The van der Waals surface area contributed by atoms with Crippen LogP contribution in [0.3, 0.4) is 0 Å². The SMILES string of the molecule is CSc1ccc(C=Nc2ccc(S(=O)(=O)Nc3ccc(I)cc3)cc2)cc1. The summed E-state index contributed by atoms with van der Waals surface area (Å²) in [5, 5.41) is 0. The molecule has 0 aliphatic heterocycles. The van der Waals surface area contributed by atoms with Gasteiger partial charge in [0.25, 0.3) is 10.0 Å². The molecule has 4 nitrogen and oxygen atoms in total. The molecule has 0 saturated carbocycles. The van der Waals surface area contributed by atoms with E-state index in [1.54, 1.807) is 54.4 Å². The maximum Gasteiger partial charge on any atom is 0.261 e. The largest absolute Gasteiger partial charge is 0.280 e. The molecule has 7 heteroatoms. The Morgan fingerprint density at radius 3 is 2.15 bits per heavy atom. The first-order valence-electron chi connectivity index (χ1n) is 8.03. The van der Waals surface area contributed by atoms with Gasteiger partial charge in [0, 0.05) is 20.4 Å². The van der Waals surface area contributed by atoms with Crippen LogP contribution >= 0.6 is 34.4 Å². The summed E-state index contributed by atoms with van der Waals surface area (Å²) in [4.78, 5) is 5.80. The number of thioether (sulfide) groups is 1. The fourth-order valence-electron chi connectivity index (χ4n) is 2.28. The maximum atomic E-state index is 12.5. The zero-order valence-electron chi connectivity index (χ0n) is 14.5. The van der Waals surface area contributed by atoms with Gasteiger partial charge in [0.15, 0.2) is 0 Å². The molecule has 0 radical (unpaired) electrons. The fraction of sp³-hybridized carbons (Fsp3) is 0.0500. The first-order chi connectivity index (χ1) is 13.0. The molecule has 0 atom stereocenters. The Labute approximate surface area is 177 Å². The highest BCUT2D eigenvalue weighted by Gasteiger charge is 2.13. The van der Waals surface area contributed by atoms with Gasteiger partial charge in [0.1, 0.15) is 0 Å². The van der Waals surface area contributed by atoms with Crippen LogP contribution in [-0.4, -0.2) is 20.9 Å². The van der Waals surface area contributed by atoms with Gasteiger partial charge in [-0.1, -0.05) is 12.1 Å². The van der Waals surface area contributed by atoms with E-state index in [1.807, 2.05) is 42.7 Å². The van der Waals surface area contributed by atoms with Gasteiger partial charge in [-0.2, -0.15) is 0 Å². The predicted octanol–water partition coefficient (Wildman–Crippen LogP) is 5.56. The average molecular weight is 508 g/mol. The van der Waals surface area contributed by atoms with Gasteiger partial charge in [-0.3, -0.25) is 9.71 Å². The van der Waals surface area contributed by atoms with E-state index in [2.05, 4.69) is 32.3 Å². The van der Waals surface area contributed by atoms with Crippen LogP contribution in [-0.2, 0) is 10.0 Å². The van der Waals surface area contributed by atoms with Crippen molar-refractivity contribution in [2.45, 2.75) is 9.79 Å². The highest BCUT2D eigenvalue weighted by atomic mass is 127. The smallest absolute Gasteiger partial charge is 0.261 e. The standard InChI is InChI=1S/C20H17IN2O2S2/c1-26-19-10-2-15(3-11-19)14-22-17-8-12-20(13-9-17)27(24,25)23-18-6-4-16(21)5-7-18/h2-14,23H,1H3. The Morgan fingerprint density at radius 1 is 0.926 bits per heavy atom. The third-order valence-corrected chi connectivity index (χ3v) is 6.58. The molecule has 0 heterocycles. The van der Waals surface area contributed by atoms with Gasteiger partial charge in [0.2, 0.25) is 0 Å². The number of anilines is 1. The highest BCUT2D eigenvalue weighted by molar-refractivity contribution is 14.1. The van der Waals surface area contributed by atoms with Crippen molar-refractivity contribution < 1.29 is 8.42 Å². The van der Waals surface area contributed by atoms with Gasteiger partial charge in [-0.05, 0) is 95.1 Å². The van der Waals surface area contributed by atoms with Crippen LogP contribution in [0, 0.1) is 3.57 Å². The third-order valence-electron chi connectivity index (χ3n) is 3.72. The molecule has 1 N–H and O–H groups in total. The molecule has 0 bridgehead atoms. The summed E-state index contributed by atoms with van der Waals surface area (Å²) in [5.41, 5.74) is 2.22. The third kappa shape index (κ3) is 5.57. The minimum Gasteiger partial charge on any atom is -0.280 e. The highest BCUT2D eigenvalue weighted by Crippen LogP contribution is 2.21. The summed E-state index contributed by atoms with van der Waals surface area (Å²) >= 11 is 3.86. The van der Waals surface area contributed by atoms with E-state index in [9.17, 15) is 8.42 Å². The minimum absolute atomic E-state index is 0.198. The zero-order chi connectivity index (χ0) is 19.3. The van der Waals surface area contributed by atoms with Crippen molar-refractivity contribution in [3.8, 4) is 0 Å². The van der Waals surface area contributed by atoms with Gasteiger partial charge < -0.3 is 0 Å². The van der Waals surface area contributed by atoms with Gasteiger partial charge in [0.05, 0.1) is 10.6 Å². The topological polar surface area (TPSA) is 58.5 Å². The number of hydrogen-bond donors (Lipinski definition) is 1. The summed E-state index contributed by atoms with van der Waals surface area (Å²) in [5.74, 6) is 0. The van der Waals surface area contributed by atoms with Crippen LogP contribution in [0.25, 0.3) is 0 Å². The number of rotatable bonds is 6. The molecule has 0 saturated heterocycles. The van der Waals surface area contributed by atoms with Crippen molar-refractivity contribution in [3.63, 3.8) is 0 Å². The van der Waals surface area contributed by atoms with Crippen LogP contribution in [0.15, 0.2) is 87.6 Å². The molecule has 138 valence electrons. The van der Waals surface area contributed by atoms with Crippen molar-refractivity contribution >= 4 is 62.0 Å². The Balaban J connectivity index is 1.71. The van der Waals surface area contributed by atoms with E-state index >= 15 is 0 Å².